The molecule has 0 aromatic carbocycles. The largest absolute Gasteiger partial charge is 0.233 e. The lowest BCUT2D eigenvalue weighted by molar-refractivity contribution is 0.00789. The maximum atomic E-state index is 11.5. The molecule has 61 valence electrons. The standard InChI is InChI=1S/C10H15O/c11-10-5-6-4-9(10)8-3-1-2-7(6)8/h6-10H,1-5H2. The average Bonchev–Trinajstić information content (AvgIpc) is 2.52. The van der Waals surface area contributed by atoms with Gasteiger partial charge in [0.2, 0.25) is 0 Å². The zero-order valence-electron chi connectivity index (χ0n) is 6.83. The molecule has 0 spiro atoms. The van der Waals surface area contributed by atoms with Crippen LogP contribution in [0.5, 0.6) is 0 Å². The highest BCUT2D eigenvalue weighted by atomic mass is 16.3. The van der Waals surface area contributed by atoms with E-state index < -0.39 is 0 Å². The highest BCUT2D eigenvalue weighted by Gasteiger charge is 2.53. The van der Waals surface area contributed by atoms with E-state index in [0.717, 1.165) is 24.2 Å². The molecule has 0 N–H and O–H groups in total. The molecule has 0 aromatic rings. The molecule has 1 nitrogen and oxygen atoms in total. The Morgan fingerprint density at radius 1 is 0.909 bits per heavy atom. The predicted octanol–water partition coefficient (Wildman–Crippen LogP) is 2.24. The Morgan fingerprint density at radius 3 is 2.64 bits per heavy atom. The Morgan fingerprint density at radius 2 is 1.73 bits per heavy atom. The highest BCUT2D eigenvalue weighted by Crippen LogP contribution is 2.58. The van der Waals surface area contributed by atoms with Crippen LogP contribution in [0.25, 0.3) is 0 Å². The second-order valence-electron chi connectivity index (χ2n) is 4.69. The van der Waals surface area contributed by atoms with Crippen molar-refractivity contribution in [3.8, 4) is 0 Å². The Balaban J connectivity index is 1.90. The van der Waals surface area contributed by atoms with Crippen molar-refractivity contribution < 1.29 is 5.11 Å². The molecule has 3 aliphatic carbocycles. The van der Waals surface area contributed by atoms with Gasteiger partial charge in [-0.15, -0.1) is 0 Å². The Labute approximate surface area is 67.8 Å². The summed E-state index contributed by atoms with van der Waals surface area (Å²) in [5, 5.41) is 11.5. The van der Waals surface area contributed by atoms with Gasteiger partial charge < -0.3 is 0 Å². The van der Waals surface area contributed by atoms with Gasteiger partial charge in [-0.3, -0.25) is 0 Å². The van der Waals surface area contributed by atoms with Crippen LogP contribution in [0, 0.1) is 23.7 Å². The summed E-state index contributed by atoms with van der Waals surface area (Å²) in [7, 11) is 0. The van der Waals surface area contributed by atoms with E-state index in [1.54, 1.807) is 0 Å². The summed E-state index contributed by atoms with van der Waals surface area (Å²) in [6.45, 7) is 0. The first-order valence-electron chi connectivity index (χ1n) is 5.02. The van der Waals surface area contributed by atoms with E-state index in [1.165, 1.54) is 25.7 Å². The molecule has 2 bridgehead atoms. The van der Waals surface area contributed by atoms with Gasteiger partial charge in [-0.25, -0.2) is 5.11 Å². The zero-order chi connectivity index (χ0) is 7.42. The first-order chi connectivity index (χ1) is 5.36. The second kappa shape index (κ2) is 2.01. The maximum Gasteiger partial charge on any atom is 0.0963 e. The van der Waals surface area contributed by atoms with Crippen LogP contribution in [-0.2, 0) is 5.11 Å². The van der Waals surface area contributed by atoms with Crippen molar-refractivity contribution in [1.82, 2.24) is 0 Å². The third-order valence-corrected chi connectivity index (χ3v) is 4.37. The molecule has 5 atom stereocenters. The molecule has 0 amide bonds. The molecule has 0 aromatic heterocycles. The summed E-state index contributed by atoms with van der Waals surface area (Å²) in [6.07, 6.45) is 6.38. The maximum absolute atomic E-state index is 11.5. The highest BCUT2D eigenvalue weighted by molar-refractivity contribution is 5.02. The van der Waals surface area contributed by atoms with Crippen LogP contribution < -0.4 is 0 Å². The molecule has 1 heteroatoms. The van der Waals surface area contributed by atoms with Crippen molar-refractivity contribution in [2.45, 2.75) is 38.2 Å². The summed E-state index contributed by atoms with van der Waals surface area (Å²) in [5.74, 6) is 3.32. The second-order valence-corrected chi connectivity index (χ2v) is 4.69. The number of hydrogen-bond donors (Lipinski definition) is 0. The van der Waals surface area contributed by atoms with Crippen LogP contribution in [0.1, 0.15) is 32.1 Å². The first kappa shape index (κ1) is 6.47. The smallest absolute Gasteiger partial charge is 0.0963 e. The molecule has 1 radical (unpaired) electrons. The molecule has 0 aliphatic heterocycles. The van der Waals surface area contributed by atoms with Crippen LogP contribution in [0.3, 0.4) is 0 Å². The fraction of sp³-hybridized carbons (Fsp3) is 1.00. The van der Waals surface area contributed by atoms with E-state index in [2.05, 4.69) is 0 Å². The molecule has 3 aliphatic rings. The van der Waals surface area contributed by atoms with Crippen LogP contribution in [-0.4, -0.2) is 6.10 Å². The normalized spacial score (nSPS) is 60.3. The fourth-order valence-corrected chi connectivity index (χ4v) is 4.01. The van der Waals surface area contributed by atoms with E-state index in [4.69, 9.17) is 0 Å². The van der Waals surface area contributed by atoms with Crippen LogP contribution in [0.4, 0.5) is 0 Å². The van der Waals surface area contributed by atoms with Gasteiger partial charge in [0.1, 0.15) is 0 Å². The van der Waals surface area contributed by atoms with Gasteiger partial charge in [0.05, 0.1) is 6.10 Å². The summed E-state index contributed by atoms with van der Waals surface area (Å²) < 4.78 is 0. The van der Waals surface area contributed by atoms with Crippen molar-refractivity contribution in [3.63, 3.8) is 0 Å². The van der Waals surface area contributed by atoms with Crippen LogP contribution >= 0.6 is 0 Å². The van der Waals surface area contributed by atoms with E-state index in [0.29, 0.717) is 5.92 Å². The Bertz CT molecular complexity index is 178. The third kappa shape index (κ3) is 0.703. The topological polar surface area (TPSA) is 19.9 Å². The van der Waals surface area contributed by atoms with Crippen molar-refractivity contribution in [1.29, 1.82) is 0 Å². The lowest BCUT2D eigenvalue weighted by Gasteiger charge is -2.26. The van der Waals surface area contributed by atoms with Gasteiger partial charge in [-0.05, 0) is 49.4 Å². The fourth-order valence-electron chi connectivity index (χ4n) is 4.01. The van der Waals surface area contributed by atoms with Crippen molar-refractivity contribution in [2.24, 2.45) is 23.7 Å². The lowest BCUT2D eigenvalue weighted by Crippen LogP contribution is -2.26. The van der Waals surface area contributed by atoms with Gasteiger partial charge in [0.25, 0.3) is 0 Å². The zero-order valence-corrected chi connectivity index (χ0v) is 6.83. The molecule has 3 fully saturated rings. The average molecular weight is 151 g/mol. The predicted molar refractivity (Wildman–Crippen MR) is 41.5 cm³/mol. The van der Waals surface area contributed by atoms with Gasteiger partial charge in [-0.1, -0.05) is 6.42 Å². The SMILES string of the molecule is [O]C1CC2CC1C1CCCC21. The molecule has 11 heavy (non-hydrogen) atoms. The molecule has 3 rings (SSSR count). The Kier molecular flexibility index (Phi) is 1.18. The molecular formula is C10H15O. The van der Waals surface area contributed by atoms with E-state index >= 15 is 0 Å². The summed E-state index contributed by atoms with van der Waals surface area (Å²) in [5.41, 5.74) is 0. The van der Waals surface area contributed by atoms with Crippen LogP contribution in [0.15, 0.2) is 0 Å². The van der Waals surface area contributed by atoms with Gasteiger partial charge in [0.15, 0.2) is 0 Å². The third-order valence-electron chi connectivity index (χ3n) is 4.37. The van der Waals surface area contributed by atoms with Gasteiger partial charge in [0, 0.05) is 0 Å². The van der Waals surface area contributed by atoms with E-state index in [9.17, 15) is 5.11 Å². The summed E-state index contributed by atoms with van der Waals surface area (Å²) >= 11 is 0. The van der Waals surface area contributed by atoms with Crippen molar-refractivity contribution in [2.75, 3.05) is 0 Å². The minimum atomic E-state index is -0.167. The minimum absolute atomic E-state index is 0.167. The molecule has 0 saturated heterocycles. The van der Waals surface area contributed by atoms with E-state index in [-0.39, 0.29) is 6.10 Å². The van der Waals surface area contributed by atoms with E-state index in [1.807, 2.05) is 0 Å². The minimum Gasteiger partial charge on any atom is -0.233 e. The summed E-state index contributed by atoms with van der Waals surface area (Å²) in [4.78, 5) is 0. The molecule has 3 saturated carbocycles. The molecular weight excluding hydrogens is 136 g/mol. The van der Waals surface area contributed by atoms with Gasteiger partial charge >= 0.3 is 0 Å². The number of rotatable bonds is 0. The number of fused-ring (bicyclic) bond motifs is 5. The quantitative estimate of drug-likeness (QED) is 0.506. The lowest BCUT2D eigenvalue weighted by atomic mass is 9.80. The summed E-state index contributed by atoms with van der Waals surface area (Å²) in [6, 6.07) is 0. The first-order valence-corrected chi connectivity index (χ1v) is 5.02. The monoisotopic (exact) mass is 151 g/mol. The molecule has 0 heterocycles. The number of hydrogen-bond acceptors (Lipinski definition) is 0. The van der Waals surface area contributed by atoms with Crippen molar-refractivity contribution >= 4 is 0 Å². The molecule has 5 unspecified atom stereocenters. The van der Waals surface area contributed by atoms with Crippen molar-refractivity contribution in [3.05, 3.63) is 0 Å². The Hall–Kier alpha value is -0.0400. The van der Waals surface area contributed by atoms with Gasteiger partial charge in [-0.2, -0.15) is 0 Å². The van der Waals surface area contributed by atoms with Crippen LogP contribution in [0.2, 0.25) is 0 Å².